The molecular formula is C10H17BrN2S. The van der Waals surface area contributed by atoms with Gasteiger partial charge in [0.05, 0.1) is 0 Å². The van der Waals surface area contributed by atoms with E-state index in [0.29, 0.717) is 6.04 Å². The average molecular weight is 277 g/mol. The van der Waals surface area contributed by atoms with E-state index in [-0.39, 0.29) is 0 Å². The van der Waals surface area contributed by atoms with Gasteiger partial charge in [0.15, 0.2) is 0 Å². The molecule has 1 aromatic heterocycles. The lowest BCUT2D eigenvalue weighted by molar-refractivity contribution is 0.368. The van der Waals surface area contributed by atoms with Crippen LogP contribution in [0.15, 0.2) is 15.2 Å². The van der Waals surface area contributed by atoms with Crippen LogP contribution in [0.4, 0.5) is 0 Å². The molecule has 0 saturated heterocycles. The first kappa shape index (κ1) is 12.2. The summed E-state index contributed by atoms with van der Waals surface area (Å²) in [5, 5.41) is 7.69. The third kappa shape index (κ3) is 3.35. The first-order valence-corrected chi connectivity index (χ1v) is 6.42. The molecule has 0 aliphatic rings. The van der Waals surface area contributed by atoms with E-state index in [2.05, 4.69) is 51.0 Å². The Morgan fingerprint density at radius 1 is 1.50 bits per heavy atom. The van der Waals surface area contributed by atoms with Gasteiger partial charge in [-0.2, -0.15) is 11.3 Å². The summed E-state index contributed by atoms with van der Waals surface area (Å²) in [4.78, 5) is 2.21. The Morgan fingerprint density at radius 2 is 2.21 bits per heavy atom. The van der Waals surface area contributed by atoms with Crippen molar-refractivity contribution in [3.63, 3.8) is 0 Å². The fourth-order valence-corrected chi connectivity index (χ4v) is 3.01. The van der Waals surface area contributed by atoms with Gasteiger partial charge in [0.25, 0.3) is 0 Å². The van der Waals surface area contributed by atoms with Gasteiger partial charge in [-0.05, 0) is 61.0 Å². The molecule has 0 spiro atoms. The highest BCUT2D eigenvalue weighted by Gasteiger charge is 2.13. The molecule has 1 N–H and O–H groups in total. The molecule has 1 rings (SSSR count). The zero-order valence-corrected chi connectivity index (χ0v) is 11.3. The molecule has 0 aromatic carbocycles. The number of hydrogen-bond donors (Lipinski definition) is 1. The van der Waals surface area contributed by atoms with Gasteiger partial charge in [-0.3, -0.25) is 0 Å². The summed E-state index contributed by atoms with van der Waals surface area (Å²) in [5.74, 6) is 0. The molecule has 1 unspecified atom stereocenters. The Hall–Kier alpha value is 0.100. The summed E-state index contributed by atoms with van der Waals surface area (Å²) in [6.07, 6.45) is 1.14. The Morgan fingerprint density at radius 3 is 2.64 bits per heavy atom. The number of nitrogens with one attached hydrogen (secondary N) is 1. The van der Waals surface area contributed by atoms with Crippen LogP contribution < -0.4 is 5.32 Å². The average Bonchev–Trinajstić information content (AvgIpc) is 2.53. The summed E-state index contributed by atoms with van der Waals surface area (Å²) in [7, 11) is 6.23. The molecule has 0 aliphatic carbocycles. The summed E-state index contributed by atoms with van der Waals surface area (Å²) < 4.78 is 1.22. The number of hydrogen-bond acceptors (Lipinski definition) is 3. The molecule has 0 bridgehead atoms. The largest absolute Gasteiger partial charge is 0.313 e. The van der Waals surface area contributed by atoms with E-state index in [9.17, 15) is 0 Å². The van der Waals surface area contributed by atoms with Gasteiger partial charge in [0.2, 0.25) is 0 Å². The fraction of sp³-hybridized carbons (Fsp3) is 0.600. The Kier molecular flexibility index (Phi) is 5.09. The third-order valence-corrected chi connectivity index (χ3v) is 3.98. The molecule has 14 heavy (non-hydrogen) atoms. The second-order valence-corrected chi connectivity index (χ2v) is 5.21. The molecule has 0 fully saturated rings. The van der Waals surface area contributed by atoms with Crippen LogP contribution in [0.5, 0.6) is 0 Å². The van der Waals surface area contributed by atoms with Crippen LogP contribution in [0.1, 0.15) is 18.0 Å². The molecular weight excluding hydrogens is 260 g/mol. The molecule has 0 aliphatic heterocycles. The van der Waals surface area contributed by atoms with E-state index in [1.54, 1.807) is 11.3 Å². The van der Waals surface area contributed by atoms with Crippen molar-refractivity contribution in [2.45, 2.75) is 12.5 Å². The molecule has 80 valence electrons. The maximum absolute atomic E-state index is 3.57. The Bertz CT molecular complexity index is 273. The van der Waals surface area contributed by atoms with E-state index in [0.717, 1.165) is 13.0 Å². The predicted octanol–water partition coefficient (Wildman–Crippen LogP) is 2.72. The lowest BCUT2D eigenvalue weighted by atomic mass is 10.1. The van der Waals surface area contributed by atoms with Crippen LogP contribution in [-0.2, 0) is 0 Å². The third-order valence-electron chi connectivity index (χ3n) is 2.23. The predicted molar refractivity (Wildman–Crippen MR) is 67.0 cm³/mol. The van der Waals surface area contributed by atoms with Gasteiger partial charge >= 0.3 is 0 Å². The number of halogens is 1. The Balaban J connectivity index is 2.58. The monoisotopic (exact) mass is 276 g/mol. The highest BCUT2D eigenvalue weighted by Crippen LogP contribution is 2.28. The van der Waals surface area contributed by atoms with Crippen molar-refractivity contribution < 1.29 is 0 Å². The summed E-state index contributed by atoms with van der Waals surface area (Å²) in [6, 6.07) is 0.457. The topological polar surface area (TPSA) is 15.3 Å². The molecule has 0 radical (unpaired) electrons. The van der Waals surface area contributed by atoms with E-state index < -0.39 is 0 Å². The molecule has 2 nitrogen and oxygen atoms in total. The summed E-state index contributed by atoms with van der Waals surface area (Å²) in [5.41, 5.74) is 1.37. The van der Waals surface area contributed by atoms with Crippen LogP contribution in [0, 0.1) is 0 Å². The first-order chi connectivity index (χ1) is 6.65. The lowest BCUT2D eigenvalue weighted by Gasteiger charge is -2.18. The van der Waals surface area contributed by atoms with Crippen molar-refractivity contribution in [3.05, 3.63) is 20.8 Å². The van der Waals surface area contributed by atoms with Crippen LogP contribution in [0.25, 0.3) is 0 Å². The van der Waals surface area contributed by atoms with Crippen molar-refractivity contribution in [3.8, 4) is 0 Å². The minimum absolute atomic E-state index is 0.457. The fourth-order valence-electron chi connectivity index (χ4n) is 1.38. The minimum Gasteiger partial charge on any atom is -0.313 e. The maximum atomic E-state index is 3.57. The van der Waals surface area contributed by atoms with Gasteiger partial charge in [0, 0.05) is 15.9 Å². The number of rotatable bonds is 5. The van der Waals surface area contributed by atoms with Crippen LogP contribution in [-0.4, -0.2) is 32.6 Å². The van der Waals surface area contributed by atoms with Crippen molar-refractivity contribution in [1.82, 2.24) is 10.2 Å². The van der Waals surface area contributed by atoms with Gasteiger partial charge in [-0.1, -0.05) is 0 Å². The first-order valence-electron chi connectivity index (χ1n) is 4.68. The molecule has 1 heterocycles. The smallest absolute Gasteiger partial charge is 0.0349 e. The molecule has 4 heteroatoms. The zero-order valence-electron chi connectivity index (χ0n) is 8.88. The van der Waals surface area contributed by atoms with E-state index in [4.69, 9.17) is 0 Å². The van der Waals surface area contributed by atoms with E-state index >= 15 is 0 Å². The molecule has 0 saturated carbocycles. The zero-order chi connectivity index (χ0) is 10.6. The van der Waals surface area contributed by atoms with E-state index in [1.807, 2.05) is 7.05 Å². The summed E-state index contributed by atoms with van der Waals surface area (Å²) >= 11 is 5.32. The second kappa shape index (κ2) is 5.85. The van der Waals surface area contributed by atoms with Crippen molar-refractivity contribution in [2.75, 3.05) is 27.7 Å². The SMILES string of the molecule is CNC(CCN(C)C)c1cscc1Br. The second-order valence-electron chi connectivity index (χ2n) is 3.61. The highest BCUT2D eigenvalue weighted by atomic mass is 79.9. The standard InChI is InChI=1S/C10H17BrN2S/c1-12-10(4-5-13(2)3)8-6-14-7-9(8)11/h6-7,10,12H,4-5H2,1-3H3. The van der Waals surface area contributed by atoms with Crippen molar-refractivity contribution in [1.29, 1.82) is 0 Å². The molecule has 1 atom stereocenters. The Labute approximate surface area is 98.4 Å². The van der Waals surface area contributed by atoms with Gasteiger partial charge in [-0.15, -0.1) is 0 Å². The number of thiophene rings is 1. The van der Waals surface area contributed by atoms with Gasteiger partial charge in [0.1, 0.15) is 0 Å². The van der Waals surface area contributed by atoms with Gasteiger partial charge < -0.3 is 10.2 Å². The quantitative estimate of drug-likeness (QED) is 0.890. The summed E-state index contributed by atoms with van der Waals surface area (Å²) in [6.45, 7) is 1.10. The van der Waals surface area contributed by atoms with Crippen molar-refractivity contribution in [2.24, 2.45) is 0 Å². The molecule has 1 aromatic rings. The highest BCUT2D eigenvalue weighted by molar-refractivity contribution is 9.10. The van der Waals surface area contributed by atoms with Crippen LogP contribution in [0.2, 0.25) is 0 Å². The van der Waals surface area contributed by atoms with E-state index in [1.165, 1.54) is 10.0 Å². The van der Waals surface area contributed by atoms with Crippen LogP contribution >= 0.6 is 27.3 Å². The minimum atomic E-state index is 0.457. The maximum Gasteiger partial charge on any atom is 0.0349 e. The van der Waals surface area contributed by atoms with Gasteiger partial charge in [-0.25, -0.2) is 0 Å². The van der Waals surface area contributed by atoms with Crippen LogP contribution in [0.3, 0.4) is 0 Å². The normalized spacial score (nSPS) is 13.5. The lowest BCUT2D eigenvalue weighted by Crippen LogP contribution is -2.22. The molecule has 0 amide bonds. The van der Waals surface area contributed by atoms with Crippen molar-refractivity contribution >= 4 is 27.3 Å². The number of nitrogens with zero attached hydrogens (tertiary/aromatic N) is 1.